The van der Waals surface area contributed by atoms with Crippen molar-refractivity contribution in [2.75, 3.05) is 20.3 Å². The minimum atomic E-state index is -1.58. The maximum absolute atomic E-state index is 13.5. The third-order valence-electron chi connectivity index (χ3n) is 4.66. The second-order valence-corrected chi connectivity index (χ2v) is 8.05. The number of amides is 2. The summed E-state index contributed by atoms with van der Waals surface area (Å²) in [7, 11) is 1.35. The summed E-state index contributed by atoms with van der Waals surface area (Å²) in [5.74, 6) is -4.30. The lowest BCUT2D eigenvalue weighted by molar-refractivity contribution is 0.158. The third kappa shape index (κ3) is 6.21. The number of halogens is 3. The number of carbonyl (C=O) groups is 1. The molecule has 5 nitrogen and oxygen atoms in total. The van der Waals surface area contributed by atoms with Gasteiger partial charge in [0.25, 0.3) is 0 Å². The Morgan fingerprint density at radius 1 is 1.07 bits per heavy atom. The Kier molecular flexibility index (Phi) is 7.86. The molecule has 0 aliphatic heterocycles. The lowest BCUT2D eigenvalue weighted by atomic mass is 9.86. The molecule has 0 spiro atoms. The highest BCUT2D eigenvalue weighted by Gasteiger charge is 2.20. The van der Waals surface area contributed by atoms with E-state index in [0.717, 1.165) is 17.7 Å². The number of rotatable bonds is 7. The van der Waals surface area contributed by atoms with Gasteiger partial charge in [-0.15, -0.1) is 0 Å². The molecule has 30 heavy (non-hydrogen) atoms. The minimum absolute atomic E-state index is 0.0155. The number of benzene rings is 2. The molecule has 0 heterocycles. The summed E-state index contributed by atoms with van der Waals surface area (Å²) in [6.45, 7) is 6.08. The summed E-state index contributed by atoms with van der Waals surface area (Å²) in [6, 6.07) is 7.44. The average molecular weight is 424 g/mol. The van der Waals surface area contributed by atoms with E-state index in [2.05, 4.69) is 31.4 Å². The Morgan fingerprint density at radius 3 is 2.13 bits per heavy atom. The Hall–Kier alpha value is -2.58. The number of urea groups is 1. The Bertz CT molecular complexity index is 844. The second-order valence-electron chi connectivity index (χ2n) is 8.05. The van der Waals surface area contributed by atoms with Crippen LogP contribution in [-0.4, -0.2) is 31.4 Å². The maximum atomic E-state index is 13.5. The second kappa shape index (κ2) is 9.95. The van der Waals surface area contributed by atoms with Crippen LogP contribution in [0.4, 0.5) is 18.0 Å². The lowest BCUT2D eigenvalue weighted by Gasteiger charge is -2.21. The van der Waals surface area contributed by atoms with Gasteiger partial charge in [-0.2, -0.15) is 0 Å². The zero-order chi connectivity index (χ0) is 22.5. The normalized spacial score (nSPS) is 13.6. The van der Waals surface area contributed by atoms with Gasteiger partial charge in [-0.05, 0) is 34.2 Å². The van der Waals surface area contributed by atoms with Crippen LogP contribution in [0.5, 0.6) is 0 Å². The molecule has 2 atom stereocenters. The fourth-order valence-corrected chi connectivity index (χ4v) is 2.89. The highest BCUT2D eigenvalue weighted by Crippen LogP contribution is 2.24. The van der Waals surface area contributed by atoms with Crippen molar-refractivity contribution in [2.24, 2.45) is 0 Å². The third-order valence-corrected chi connectivity index (χ3v) is 4.66. The summed E-state index contributed by atoms with van der Waals surface area (Å²) in [5.41, 5.74) is 1.75. The van der Waals surface area contributed by atoms with Gasteiger partial charge in [0, 0.05) is 13.7 Å². The Balaban J connectivity index is 1.99. The number of aliphatic hydroxyl groups is 1. The van der Waals surface area contributed by atoms with Crippen LogP contribution >= 0.6 is 0 Å². The highest BCUT2D eigenvalue weighted by molar-refractivity contribution is 5.74. The van der Waals surface area contributed by atoms with Gasteiger partial charge in [-0.1, -0.05) is 45.0 Å². The number of carbonyl (C=O) groups excluding carboxylic acids is 1. The lowest BCUT2D eigenvalue weighted by Crippen LogP contribution is -2.41. The topological polar surface area (TPSA) is 70.6 Å². The van der Waals surface area contributed by atoms with Crippen molar-refractivity contribution < 1.29 is 27.8 Å². The first kappa shape index (κ1) is 23.7. The number of nitrogens with one attached hydrogen (secondary N) is 2. The molecule has 0 fully saturated rings. The van der Waals surface area contributed by atoms with Gasteiger partial charge in [-0.25, -0.2) is 18.0 Å². The summed E-state index contributed by atoms with van der Waals surface area (Å²) < 4.78 is 45.2. The molecular formula is C22H27F3N2O3. The molecular weight excluding hydrogens is 397 g/mol. The quantitative estimate of drug-likeness (QED) is 0.586. The molecule has 0 aliphatic rings. The molecule has 2 rings (SSSR count). The van der Waals surface area contributed by atoms with E-state index in [-0.39, 0.29) is 24.1 Å². The Labute approximate surface area is 174 Å². The van der Waals surface area contributed by atoms with E-state index < -0.39 is 35.6 Å². The van der Waals surface area contributed by atoms with Crippen molar-refractivity contribution in [2.45, 2.75) is 38.3 Å². The van der Waals surface area contributed by atoms with Crippen LogP contribution in [0.1, 0.15) is 49.6 Å². The first-order chi connectivity index (χ1) is 14.0. The summed E-state index contributed by atoms with van der Waals surface area (Å²) in [5, 5.41) is 15.3. The molecule has 0 aromatic heterocycles. The predicted molar refractivity (Wildman–Crippen MR) is 108 cm³/mol. The monoisotopic (exact) mass is 424 g/mol. The minimum Gasteiger partial charge on any atom is -0.387 e. The van der Waals surface area contributed by atoms with Crippen molar-refractivity contribution in [3.63, 3.8) is 0 Å². The van der Waals surface area contributed by atoms with Gasteiger partial charge in [0.2, 0.25) is 0 Å². The maximum Gasteiger partial charge on any atom is 0.315 e. The zero-order valence-electron chi connectivity index (χ0n) is 17.4. The van der Waals surface area contributed by atoms with Crippen molar-refractivity contribution in [3.05, 3.63) is 70.5 Å². The standard InChI is InChI=1S/C22H27F3N2O3/c1-22(2,3)15-7-5-13(6-8-15)19(28)11-26-21(29)27-18(12-30-4)14-9-16(23)20(25)17(24)10-14/h5-10,18-19,28H,11-12H2,1-4H3,(H2,26,27,29). The predicted octanol–water partition coefficient (Wildman–Crippen LogP) is 4.12. The van der Waals surface area contributed by atoms with Crippen molar-refractivity contribution in [3.8, 4) is 0 Å². The van der Waals surface area contributed by atoms with Crippen LogP contribution in [0.2, 0.25) is 0 Å². The van der Waals surface area contributed by atoms with Gasteiger partial charge < -0.3 is 20.5 Å². The average Bonchev–Trinajstić information content (AvgIpc) is 2.69. The number of hydrogen-bond donors (Lipinski definition) is 3. The van der Waals surface area contributed by atoms with Gasteiger partial charge in [-0.3, -0.25) is 0 Å². The number of ether oxygens (including phenoxy) is 1. The molecule has 2 amide bonds. The molecule has 2 unspecified atom stereocenters. The fourth-order valence-electron chi connectivity index (χ4n) is 2.89. The number of aliphatic hydroxyl groups excluding tert-OH is 1. The van der Waals surface area contributed by atoms with E-state index in [1.54, 1.807) is 12.1 Å². The smallest absolute Gasteiger partial charge is 0.315 e. The summed E-state index contributed by atoms with van der Waals surface area (Å²) in [4.78, 5) is 12.2. The Morgan fingerprint density at radius 2 is 1.63 bits per heavy atom. The molecule has 8 heteroatoms. The molecule has 2 aromatic carbocycles. The zero-order valence-corrected chi connectivity index (χ0v) is 17.4. The molecule has 0 saturated carbocycles. The fraction of sp³-hybridized carbons (Fsp3) is 0.409. The van der Waals surface area contributed by atoms with Crippen molar-refractivity contribution >= 4 is 6.03 Å². The van der Waals surface area contributed by atoms with E-state index in [1.165, 1.54) is 7.11 Å². The van der Waals surface area contributed by atoms with Crippen LogP contribution in [0.25, 0.3) is 0 Å². The van der Waals surface area contributed by atoms with E-state index >= 15 is 0 Å². The molecule has 0 radical (unpaired) electrons. The summed E-state index contributed by atoms with van der Waals surface area (Å²) in [6.07, 6.45) is -0.939. The molecule has 0 saturated heterocycles. The molecule has 0 bridgehead atoms. The number of methoxy groups -OCH3 is 1. The number of hydrogen-bond acceptors (Lipinski definition) is 3. The van der Waals surface area contributed by atoms with E-state index in [4.69, 9.17) is 4.74 Å². The summed E-state index contributed by atoms with van der Waals surface area (Å²) >= 11 is 0. The molecule has 3 N–H and O–H groups in total. The first-order valence-electron chi connectivity index (χ1n) is 9.49. The van der Waals surface area contributed by atoms with Crippen molar-refractivity contribution in [1.29, 1.82) is 0 Å². The van der Waals surface area contributed by atoms with Crippen LogP contribution in [0.3, 0.4) is 0 Å². The van der Waals surface area contributed by atoms with Crippen molar-refractivity contribution in [1.82, 2.24) is 10.6 Å². The van der Waals surface area contributed by atoms with Gasteiger partial charge >= 0.3 is 6.03 Å². The van der Waals surface area contributed by atoms with Gasteiger partial charge in [0.05, 0.1) is 18.8 Å². The van der Waals surface area contributed by atoms with Gasteiger partial charge in [0.1, 0.15) is 0 Å². The molecule has 0 aliphatic carbocycles. The SMILES string of the molecule is COCC(NC(=O)NCC(O)c1ccc(C(C)(C)C)cc1)c1cc(F)c(F)c(F)c1. The van der Waals surface area contributed by atoms with E-state index in [0.29, 0.717) is 5.56 Å². The largest absolute Gasteiger partial charge is 0.387 e. The molecule has 164 valence electrons. The van der Waals surface area contributed by atoms with Gasteiger partial charge in [0.15, 0.2) is 17.5 Å². The van der Waals surface area contributed by atoms with Crippen LogP contribution in [0, 0.1) is 17.5 Å². The molecule has 2 aromatic rings. The van der Waals surface area contributed by atoms with Crippen LogP contribution in [0.15, 0.2) is 36.4 Å². The van der Waals surface area contributed by atoms with E-state index in [9.17, 15) is 23.1 Å². The van der Waals surface area contributed by atoms with Crippen LogP contribution < -0.4 is 10.6 Å². The first-order valence-corrected chi connectivity index (χ1v) is 9.49. The van der Waals surface area contributed by atoms with Crippen LogP contribution in [-0.2, 0) is 10.2 Å². The van der Waals surface area contributed by atoms with E-state index in [1.807, 2.05) is 12.1 Å². The highest BCUT2D eigenvalue weighted by atomic mass is 19.2.